The van der Waals surface area contributed by atoms with E-state index in [4.69, 9.17) is 9.47 Å². The first-order valence-electron chi connectivity index (χ1n) is 8.61. The number of fused-ring (bicyclic) bond motifs is 2. The van der Waals surface area contributed by atoms with Crippen LogP contribution in [0.1, 0.15) is 16.7 Å². The molecule has 0 unspecified atom stereocenters. The van der Waals surface area contributed by atoms with Crippen molar-refractivity contribution < 1.29 is 19.1 Å². The number of benzene rings is 3. The van der Waals surface area contributed by atoms with Gasteiger partial charge in [0, 0.05) is 10.4 Å². The summed E-state index contributed by atoms with van der Waals surface area (Å²) in [6, 6.07) is 20.4. The van der Waals surface area contributed by atoms with Crippen molar-refractivity contribution in [2.45, 2.75) is 6.92 Å². The summed E-state index contributed by atoms with van der Waals surface area (Å²) in [7, 11) is 0. The third-order valence-corrected chi connectivity index (χ3v) is 4.84. The third-order valence-electron chi connectivity index (χ3n) is 4.84. The Morgan fingerprint density at radius 1 is 0.630 bits per heavy atom. The Morgan fingerprint density at radius 2 is 1.11 bits per heavy atom. The van der Waals surface area contributed by atoms with Crippen LogP contribution in [0.25, 0.3) is 11.1 Å². The molecule has 2 aliphatic heterocycles. The number of ether oxygens (including phenoxy) is 2. The second-order valence-electron chi connectivity index (χ2n) is 6.61. The van der Waals surface area contributed by atoms with E-state index in [0.29, 0.717) is 33.1 Å². The van der Waals surface area contributed by atoms with Crippen molar-refractivity contribution in [3.8, 4) is 11.5 Å². The van der Waals surface area contributed by atoms with Crippen LogP contribution < -0.4 is 19.9 Å². The van der Waals surface area contributed by atoms with Gasteiger partial charge < -0.3 is 9.47 Å². The van der Waals surface area contributed by atoms with Gasteiger partial charge in [0.15, 0.2) is 0 Å². The summed E-state index contributed by atoms with van der Waals surface area (Å²) in [6.45, 7) is 1.99. The van der Waals surface area contributed by atoms with Crippen LogP contribution in [0.5, 0.6) is 11.5 Å². The first-order chi connectivity index (χ1) is 13.1. The molecule has 0 saturated carbocycles. The van der Waals surface area contributed by atoms with E-state index in [1.165, 1.54) is 0 Å². The van der Waals surface area contributed by atoms with Crippen molar-refractivity contribution in [2.24, 2.45) is 0 Å². The van der Waals surface area contributed by atoms with E-state index in [1.807, 2.05) is 61.5 Å². The zero-order valence-electron chi connectivity index (χ0n) is 14.5. The average Bonchev–Trinajstić information content (AvgIpc) is 3.15. The summed E-state index contributed by atoms with van der Waals surface area (Å²) < 4.78 is 11.0. The topological polar surface area (TPSA) is 52.6 Å². The summed E-state index contributed by atoms with van der Waals surface area (Å²) in [4.78, 5) is 24.9. The molecule has 2 heterocycles. The number of carbonyl (C=O) groups excluding carboxylic acids is 2. The van der Waals surface area contributed by atoms with Crippen molar-refractivity contribution in [3.63, 3.8) is 0 Å². The molecule has 0 saturated heterocycles. The molecule has 0 radical (unpaired) electrons. The van der Waals surface area contributed by atoms with Crippen molar-refractivity contribution >= 4 is 23.1 Å². The Hall–Kier alpha value is -3.66. The molecule has 0 atom stereocenters. The predicted molar refractivity (Wildman–Crippen MR) is 99.6 cm³/mol. The smallest absolute Gasteiger partial charge is 0.344 e. The van der Waals surface area contributed by atoms with E-state index >= 15 is 0 Å². The monoisotopic (exact) mass is 354 g/mol. The van der Waals surface area contributed by atoms with E-state index in [1.54, 1.807) is 12.1 Å². The van der Waals surface area contributed by atoms with Crippen LogP contribution in [0.3, 0.4) is 0 Å². The summed E-state index contributed by atoms with van der Waals surface area (Å²) in [6.07, 6.45) is 0. The molecule has 3 aromatic rings. The molecular formula is C23H14O4. The molecule has 3 aromatic carbocycles. The van der Waals surface area contributed by atoms with Crippen molar-refractivity contribution in [1.82, 2.24) is 0 Å². The van der Waals surface area contributed by atoms with Crippen LogP contribution in [-0.4, -0.2) is 11.9 Å². The van der Waals surface area contributed by atoms with Gasteiger partial charge in [-0.15, -0.1) is 0 Å². The van der Waals surface area contributed by atoms with Gasteiger partial charge in [-0.05, 0) is 30.2 Å². The normalized spacial score (nSPS) is 14.7. The highest BCUT2D eigenvalue weighted by molar-refractivity contribution is 6.21. The lowest BCUT2D eigenvalue weighted by Crippen LogP contribution is -2.11. The first kappa shape index (κ1) is 15.6. The minimum absolute atomic E-state index is 0.398. The molecule has 4 heteroatoms. The van der Waals surface area contributed by atoms with Crippen LogP contribution >= 0.6 is 0 Å². The molecule has 4 nitrogen and oxygen atoms in total. The molecule has 2 aliphatic rings. The van der Waals surface area contributed by atoms with Crippen molar-refractivity contribution in [1.29, 1.82) is 0 Å². The summed E-state index contributed by atoms with van der Waals surface area (Å²) in [5, 5.41) is 1.28. The number of esters is 2. The van der Waals surface area contributed by atoms with Gasteiger partial charge in [0.2, 0.25) is 0 Å². The molecule has 27 heavy (non-hydrogen) atoms. The lowest BCUT2D eigenvalue weighted by molar-refractivity contribution is -0.128. The van der Waals surface area contributed by atoms with E-state index < -0.39 is 11.9 Å². The van der Waals surface area contributed by atoms with Crippen LogP contribution in [0.4, 0.5) is 0 Å². The maximum absolute atomic E-state index is 12.5. The van der Waals surface area contributed by atoms with E-state index in [9.17, 15) is 9.59 Å². The molecule has 0 aromatic heterocycles. The zero-order chi connectivity index (χ0) is 18.5. The number of aryl methyl sites for hydroxylation is 1. The molecule has 0 amide bonds. The first-order valence-corrected chi connectivity index (χ1v) is 8.61. The Bertz CT molecular complexity index is 1240. The van der Waals surface area contributed by atoms with Gasteiger partial charge in [0.05, 0.1) is 11.1 Å². The molecule has 0 bridgehead atoms. The molecule has 0 N–H and O–H groups in total. The quantitative estimate of drug-likeness (QED) is 0.523. The molecule has 130 valence electrons. The Kier molecular flexibility index (Phi) is 3.28. The van der Waals surface area contributed by atoms with Gasteiger partial charge in [0.25, 0.3) is 0 Å². The molecule has 0 fully saturated rings. The lowest BCUT2D eigenvalue weighted by atomic mass is 10.0. The highest BCUT2D eigenvalue weighted by atomic mass is 16.5. The predicted octanol–water partition coefficient (Wildman–Crippen LogP) is 2.23. The van der Waals surface area contributed by atoms with E-state index in [-0.39, 0.29) is 0 Å². The fraction of sp³-hybridized carbons (Fsp3) is 0.0435. The second kappa shape index (κ2) is 5.68. The molecular weight excluding hydrogens is 340 g/mol. The highest BCUT2D eigenvalue weighted by Gasteiger charge is 2.30. The highest BCUT2D eigenvalue weighted by Crippen LogP contribution is 2.27. The zero-order valence-corrected chi connectivity index (χ0v) is 14.5. The Labute approximate surface area is 155 Å². The fourth-order valence-corrected chi connectivity index (χ4v) is 3.51. The van der Waals surface area contributed by atoms with Gasteiger partial charge in [-0.3, -0.25) is 0 Å². The maximum atomic E-state index is 12.5. The van der Waals surface area contributed by atoms with Gasteiger partial charge in [-0.25, -0.2) is 9.59 Å². The standard InChI is InChI=1S/C23H14O4/c1-13-7-9-15(10-8-13)21-17-12-18-16(11-19(17)27-23(21)25)20(22(24)26-18)14-5-3-2-4-6-14/h2-12H,1H3. The van der Waals surface area contributed by atoms with Crippen LogP contribution in [0.15, 0.2) is 66.7 Å². The average molecular weight is 354 g/mol. The summed E-state index contributed by atoms with van der Waals surface area (Å²) in [5.41, 5.74) is 3.62. The second-order valence-corrected chi connectivity index (χ2v) is 6.61. The Balaban J connectivity index is 1.78. The van der Waals surface area contributed by atoms with Crippen molar-refractivity contribution in [2.75, 3.05) is 0 Å². The van der Waals surface area contributed by atoms with Gasteiger partial charge >= 0.3 is 11.9 Å². The number of hydrogen-bond acceptors (Lipinski definition) is 4. The fourth-order valence-electron chi connectivity index (χ4n) is 3.51. The van der Waals surface area contributed by atoms with Gasteiger partial charge in [-0.1, -0.05) is 60.2 Å². The molecule has 0 aliphatic carbocycles. The Morgan fingerprint density at radius 3 is 1.63 bits per heavy atom. The summed E-state index contributed by atoms with van der Waals surface area (Å²) >= 11 is 0. The third kappa shape index (κ3) is 2.38. The molecule has 0 spiro atoms. The van der Waals surface area contributed by atoms with E-state index in [2.05, 4.69) is 0 Å². The maximum Gasteiger partial charge on any atom is 0.344 e. The van der Waals surface area contributed by atoms with E-state index in [0.717, 1.165) is 16.7 Å². The van der Waals surface area contributed by atoms with Crippen LogP contribution in [0, 0.1) is 6.92 Å². The number of rotatable bonds is 2. The van der Waals surface area contributed by atoms with Crippen molar-refractivity contribution in [3.05, 3.63) is 93.9 Å². The number of carbonyl (C=O) groups is 2. The summed E-state index contributed by atoms with van der Waals surface area (Å²) in [5.74, 6) is 0.0924. The molecule has 5 rings (SSSR count). The lowest BCUT2D eigenvalue weighted by Gasteiger charge is -2.00. The van der Waals surface area contributed by atoms with Crippen LogP contribution in [0.2, 0.25) is 0 Å². The SMILES string of the molecule is Cc1ccc(C2=c3cc4c(cc3OC2=O)=C(c2ccccc2)C(=O)O4)cc1. The van der Waals surface area contributed by atoms with Gasteiger partial charge in [0.1, 0.15) is 11.5 Å². The largest absolute Gasteiger partial charge is 0.422 e. The number of hydrogen-bond donors (Lipinski definition) is 0. The minimum atomic E-state index is -0.400. The van der Waals surface area contributed by atoms with Gasteiger partial charge in [-0.2, -0.15) is 0 Å². The van der Waals surface area contributed by atoms with Crippen LogP contribution in [-0.2, 0) is 9.59 Å². The minimum Gasteiger partial charge on any atom is -0.422 e.